The summed E-state index contributed by atoms with van der Waals surface area (Å²) < 4.78 is 0. The highest BCUT2D eigenvalue weighted by molar-refractivity contribution is 5.00. The van der Waals surface area contributed by atoms with Crippen LogP contribution < -0.4 is 0 Å². The molecule has 0 aliphatic rings. The second-order valence-electron chi connectivity index (χ2n) is 1.79. The van der Waals surface area contributed by atoms with E-state index in [4.69, 9.17) is 10.4 Å². The standard InChI is InChI=1S/C7H11NO/c1-2-3-4-5-7(9)6-8/h4-5,7,9H,2-3H2,1H3/b5-4+/t7-/m0/s1. The van der Waals surface area contributed by atoms with Crippen LogP contribution in [-0.4, -0.2) is 11.2 Å². The summed E-state index contributed by atoms with van der Waals surface area (Å²) in [7, 11) is 0. The number of hydrogen-bond donors (Lipinski definition) is 1. The zero-order valence-electron chi connectivity index (χ0n) is 5.54. The number of aliphatic hydroxyl groups excluding tert-OH is 1. The first-order valence-corrected chi connectivity index (χ1v) is 3.05. The highest BCUT2D eigenvalue weighted by Crippen LogP contribution is 1.90. The highest BCUT2D eigenvalue weighted by Gasteiger charge is 1.89. The van der Waals surface area contributed by atoms with Crippen LogP contribution >= 0.6 is 0 Å². The van der Waals surface area contributed by atoms with Crippen LogP contribution in [0.15, 0.2) is 12.2 Å². The monoisotopic (exact) mass is 125 g/mol. The lowest BCUT2D eigenvalue weighted by Crippen LogP contribution is -1.94. The van der Waals surface area contributed by atoms with Gasteiger partial charge in [-0.15, -0.1) is 0 Å². The molecule has 0 radical (unpaired) electrons. The Balaban J connectivity index is 3.35. The molecule has 0 rings (SSSR count). The Morgan fingerprint density at radius 3 is 2.89 bits per heavy atom. The summed E-state index contributed by atoms with van der Waals surface area (Å²) in [5.41, 5.74) is 0. The van der Waals surface area contributed by atoms with Crippen LogP contribution in [0.1, 0.15) is 19.8 Å². The number of aliphatic hydroxyl groups is 1. The van der Waals surface area contributed by atoms with Crippen molar-refractivity contribution in [3.8, 4) is 6.07 Å². The van der Waals surface area contributed by atoms with Gasteiger partial charge in [0.1, 0.15) is 0 Å². The molecule has 0 bridgehead atoms. The first kappa shape index (κ1) is 8.19. The molecular formula is C7H11NO. The first-order valence-electron chi connectivity index (χ1n) is 3.05. The second kappa shape index (κ2) is 5.33. The first-order chi connectivity index (χ1) is 4.31. The van der Waals surface area contributed by atoms with E-state index in [-0.39, 0.29) is 0 Å². The Hall–Kier alpha value is -0.810. The lowest BCUT2D eigenvalue weighted by molar-refractivity contribution is 0.278. The van der Waals surface area contributed by atoms with Gasteiger partial charge in [-0.2, -0.15) is 5.26 Å². The van der Waals surface area contributed by atoms with Crippen LogP contribution in [-0.2, 0) is 0 Å². The van der Waals surface area contributed by atoms with E-state index in [2.05, 4.69) is 0 Å². The Bertz CT molecular complexity index is 123. The van der Waals surface area contributed by atoms with Gasteiger partial charge < -0.3 is 5.11 Å². The quantitative estimate of drug-likeness (QED) is 0.455. The Labute approximate surface area is 55.4 Å². The number of unbranched alkanes of at least 4 members (excludes halogenated alkanes) is 1. The zero-order chi connectivity index (χ0) is 7.11. The molecule has 0 fully saturated rings. The molecule has 2 heteroatoms. The van der Waals surface area contributed by atoms with Crippen LogP contribution in [0, 0.1) is 11.3 Å². The van der Waals surface area contributed by atoms with E-state index < -0.39 is 6.10 Å². The van der Waals surface area contributed by atoms with Gasteiger partial charge in [-0.3, -0.25) is 0 Å². The largest absolute Gasteiger partial charge is 0.374 e. The van der Waals surface area contributed by atoms with Crippen molar-refractivity contribution in [2.45, 2.75) is 25.9 Å². The molecule has 1 atom stereocenters. The Kier molecular flexibility index (Phi) is 4.85. The molecule has 1 N–H and O–H groups in total. The summed E-state index contributed by atoms with van der Waals surface area (Å²) in [5, 5.41) is 16.7. The van der Waals surface area contributed by atoms with Crippen molar-refractivity contribution < 1.29 is 5.11 Å². The van der Waals surface area contributed by atoms with Gasteiger partial charge in [0.15, 0.2) is 6.10 Å². The van der Waals surface area contributed by atoms with E-state index in [0.717, 1.165) is 12.8 Å². The number of nitriles is 1. The SMILES string of the molecule is CCC/C=C/[C@H](O)C#N. The minimum absolute atomic E-state index is 0.920. The summed E-state index contributed by atoms with van der Waals surface area (Å²) in [5.74, 6) is 0. The summed E-state index contributed by atoms with van der Waals surface area (Å²) >= 11 is 0. The van der Waals surface area contributed by atoms with E-state index in [9.17, 15) is 0 Å². The van der Waals surface area contributed by atoms with Gasteiger partial charge in [-0.1, -0.05) is 19.4 Å². The van der Waals surface area contributed by atoms with Crippen LogP contribution in [0.25, 0.3) is 0 Å². The third-order valence-corrected chi connectivity index (χ3v) is 0.906. The maximum absolute atomic E-state index is 8.64. The molecule has 0 amide bonds. The third-order valence-electron chi connectivity index (χ3n) is 0.906. The Morgan fingerprint density at radius 2 is 2.44 bits per heavy atom. The van der Waals surface area contributed by atoms with Crippen LogP contribution in [0.2, 0.25) is 0 Å². The van der Waals surface area contributed by atoms with Crippen LogP contribution in [0.5, 0.6) is 0 Å². The smallest absolute Gasteiger partial charge is 0.159 e. The molecule has 0 saturated carbocycles. The van der Waals surface area contributed by atoms with E-state index in [1.165, 1.54) is 6.08 Å². The van der Waals surface area contributed by atoms with Crippen molar-refractivity contribution in [2.75, 3.05) is 0 Å². The number of allylic oxidation sites excluding steroid dienone is 1. The lowest BCUT2D eigenvalue weighted by atomic mass is 10.3. The van der Waals surface area contributed by atoms with Crippen molar-refractivity contribution in [3.63, 3.8) is 0 Å². The minimum Gasteiger partial charge on any atom is -0.374 e. The van der Waals surface area contributed by atoms with Crippen LogP contribution in [0.3, 0.4) is 0 Å². The fourth-order valence-electron chi connectivity index (χ4n) is 0.435. The number of hydrogen-bond acceptors (Lipinski definition) is 2. The average Bonchev–Trinajstić information content (AvgIpc) is 1.89. The molecule has 0 aromatic rings. The van der Waals surface area contributed by atoms with Gasteiger partial charge in [0.05, 0.1) is 6.07 Å². The highest BCUT2D eigenvalue weighted by atomic mass is 16.3. The van der Waals surface area contributed by atoms with Crippen molar-refractivity contribution in [1.82, 2.24) is 0 Å². The molecule has 0 heterocycles. The van der Waals surface area contributed by atoms with Crippen molar-refractivity contribution >= 4 is 0 Å². The molecule has 0 aromatic heterocycles. The predicted molar refractivity (Wildman–Crippen MR) is 35.7 cm³/mol. The topological polar surface area (TPSA) is 44.0 Å². The molecule has 0 aromatic carbocycles. The zero-order valence-corrected chi connectivity index (χ0v) is 5.54. The van der Waals surface area contributed by atoms with Gasteiger partial charge in [0.2, 0.25) is 0 Å². The van der Waals surface area contributed by atoms with Crippen molar-refractivity contribution in [1.29, 1.82) is 5.26 Å². The maximum atomic E-state index is 8.64. The molecule has 0 aliphatic heterocycles. The minimum atomic E-state index is -0.920. The van der Waals surface area contributed by atoms with Gasteiger partial charge in [-0.05, 0) is 12.5 Å². The van der Waals surface area contributed by atoms with E-state index in [0.29, 0.717) is 0 Å². The second-order valence-corrected chi connectivity index (χ2v) is 1.79. The summed E-state index contributed by atoms with van der Waals surface area (Å²) in [6.45, 7) is 2.04. The van der Waals surface area contributed by atoms with Gasteiger partial charge in [0.25, 0.3) is 0 Å². The van der Waals surface area contributed by atoms with Crippen LogP contribution in [0.4, 0.5) is 0 Å². The summed E-state index contributed by atoms with van der Waals surface area (Å²) in [6.07, 6.45) is 4.38. The molecular weight excluding hydrogens is 114 g/mol. The molecule has 0 aliphatic carbocycles. The fraction of sp³-hybridized carbons (Fsp3) is 0.571. The summed E-state index contributed by atoms with van der Waals surface area (Å²) in [6, 6.07) is 1.69. The van der Waals surface area contributed by atoms with E-state index in [1.54, 1.807) is 6.07 Å². The molecule has 2 nitrogen and oxygen atoms in total. The molecule has 0 saturated heterocycles. The van der Waals surface area contributed by atoms with Gasteiger partial charge in [0, 0.05) is 0 Å². The van der Waals surface area contributed by atoms with Crippen molar-refractivity contribution in [2.24, 2.45) is 0 Å². The fourth-order valence-corrected chi connectivity index (χ4v) is 0.435. The van der Waals surface area contributed by atoms with E-state index in [1.807, 2.05) is 13.0 Å². The van der Waals surface area contributed by atoms with E-state index >= 15 is 0 Å². The molecule has 0 unspecified atom stereocenters. The number of rotatable bonds is 3. The Morgan fingerprint density at radius 1 is 1.78 bits per heavy atom. The maximum Gasteiger partial charge on any atom is 0.159 e. The lowest BCUT2D eigenvalue weighted by Gasteiger charge is -1.88. The van der Waals surface area contributed by atoms with Gasteiger partial charge in [-0.25, -0.2) is 0 Å². The molecule has 0 spiro atoms. The normalized spacial score (nSPS) is 13.4. The van der Waals surface area contributed by atoms with Crippen molar-refractivity contribution in [3.05, 3.63) is 12.2 Å². The van der Waals surface area contributed by atoms with Gasteiger partial charge >= 0.3 is 0 Å². The number of nitrogens with zero attached hydrogens (tertiary/aromatic N) is 1. The third kappa shape index (κ3) is 5.05. The summed E-state index contributed by atoms with van der Waals surface area (Å²) in [4.78, 5) is 0. The average molecular weight is 125 g/mol. The molecule has 50 valence electrons. The predicted octanol–water partition coefficient (Wildman–Crippen LogP) is 1.23. The molecule has 9 heavy (non-hydrogen) atoms.